The quantitative estimate of drug-likeness (QED) is 0.235. The molecule has 0 aliphatic carbocycles. The highest BCUT2D eigenvalue weighted by atomic mass is 19.1. The van der Waals surface area contributed by atoms with E-state index in [1.165, 1.54) is 4.90 Å². The Labute approximate surface area is 266 Å². The first-order valence-corrected chi connectivity index (χ1v) is 15.2. The maximum absolute atomic E-state index is 13.8. The maximum Gasteiger partial charge on any atom is 0.407 e. The van der Waals surface area contributed by atoms with E-state index in [9.17, 15) is 23.5 Å². The fourth-order valence-corrected chi connectivity index (χ4v) is 5.66. The molecule has 3 aromatic rings. The molecule has 1 N–H and O–H groups in total. The molecule has 2 heterocycles. The van der Waals surface area contributed by atoms with Crippen LogP contribution in [0.3, 0.4) is 0 Å². The third-order valence-corrected chi connectivity index (χ3v) is 8.06. The first kappa shape index (κ1) is 33.1. The Bertz CT molecular complexity index is 1490. The van der Waals surface area contributed by atoms with Crippen LogP contribution in [0, 0.1) is 11.6 Å². The standard InChI is InChI=1S/C34H38F2N2O8/c1-42-14-2-12-38-30-17-23(3-10-31(30)46-22-33(38)39)20-45-32-19-37(34(40)41)13-11-28(32)24-4-7-27(8-5-24)44-16-15-43-21-25-18-26(35)6-9-29(25)36/h3-10,17-18,28,32H,2,11-16,19-22H2,1H3,(H,40,41). The zero-order valence-electron chi connectivity index (χ0n) is 25.7. The number of piperidine rings is 1. The molecule has 46 heavy (non-hydrogen) atoms. The Hall–Kier alpha value is -4.26. The smallest absolute Gasteiger partial charge is 0.407 e. The number of likely N-dealkylation sites (tertiary alicyclic amines) is 1. The number of hydrogen-bond acceptors (Lipinski definition) is 7. The Kier molecular flexibility index (Phi) is 11.4. The molecule has 0 spiro atoms. The van der Waals surface area contributed by atoms with Gasteiger partial charge in [0, 0.05) is 38.3 Å². The molecule has 10 nitrogen and oxygen atoms in total. The predicted octanol–water partition coefficient (Wildman–Crippen LogP) is 5.38. The zero-order chi connectivity index (χ0) is 32.5. The molecule has 2 unspecified atom stereocenters. The van der Waals surface area contributed by atoms with Crippen LogP contribution >= 0.6 is 0 Å². The molecular formula is C34H38F2N2O8. The number of nitrogens with zero attached hydrogens (tertiary/aromatic N) is 2. The SMILES string of the molecule is COCCCN1C(=O)COc2ccc(COC3CN(C(=O)O)CCC3c3ccc(OCCOCc4cc(F)ccc4F)cc3)cc21. The molecule has 0 bridgehead atoms. The number of anilines is 1. The topological polar surface area (TPSA) is 107 Å². The van der Waals surface area contributed by atoms with E-state index in [0.29, 0.717) is 49.7 Å². The summed E-state index contributed by atoms with van der Waals surface area (Å²) in [6.45, 7) is 2.21. The van der Waals surface area contributed by atoms with Crippen LogP contribution in [-0.2, 0) is 32.2 Å². The lowest BCUT2D eigenvalue weighted by Crippen LogP contribution is -2.46. The Morgan fingerprint density at radius 1 is 1.02 bits per heavy atom. The summed E-state index contributed by atoms with van der Waals surface area (Å²) < 4.78 is 55.4. The van der Waals surface area contributed by atoms with Gasteiger partial charge in [-0.15, -0.1) is 0 Å². The van der Waals surface area contributed by atoms with Gasteiger partial charge in [-0.25, -0.2) is 13.6 Å². The minimum Gasteiger partial charge on any atom is -0.491 e. The van der Waals surface area contributed by atoms with Crippen molar-refractivity contribution in [2.45, 2.75) is 38.1 Å². The number of fused-ring (bicyclic) bond motifs is 1. The van der Waals surface area contributed by atoms with Crippen molar-refractivity contribution in [3.63, 3.8) is 0 Å². The first-order valence-electron chi connectivity index (χ1n) is 15.2. The van der Waals surface area contributed by atoms with E-state index < -0.39 is 23.8 Å². The largest absolute Gasteiger partial charge is 0.491 e. The molecule has 0 saturated carbocycles. The number of hydrogen-bond donors (Lipinski definition) is 1. The molecular weight excluding hydrogens is 602 g/mol. The minimum atomic E-state index is -0.991. The fourth-order valence-electron chi connectivity index (χ4n) is 5.66. The highest BCUT2D eigenvalue weighted by Crippen LogP contribution is 2.35. The number of amides is 2. The van der Waals surface area contributed by atoms with Crippen molar-refractivity contribution in [1.82, 2.24) is 4.90 Å². The number of carbonyl (C=O) groups excluding carboxylic acids is 1. The van der Waals surface area contributed by atoms with Crippen LogP contribution in [0.25, 0.3) is 0 Å². The lowest BCUT2D eigenvalue weighted by molar-refractivity contribution is -0.121. The van der Waals surface area contributed by atoms with E-state index in [2.05, 4.69) is 0 Å². The van der Waals surface area contributed by atoms with Crippen LogP contribution in [0.5, 0.6) is 11.5 Å². The van der Waals surface area contributed by atoms with Crippen LogP contribution in [0.1, 0.15) is 35.4 Å². The van der Waals surface area contributed by atoms with Gasteiger partial charge in [-0.3, -0.25) is 4.79 Å². The number of carboxylic acid groups (broad SMARTS) is 1. The lowest BCUT2D eigenvalue weighted by Gasteiger charge is -2.37. The number of methoxy groups -OCH3 is 1. The summed E-state index contributed by atoms with van der Waals surface area (Å²) in [4.78, 5) is 27.5. The molecule has 1 fully saturated rings. The average molecular weight is 641 g/mol. The summed E-state index contributed by atoms with van der Waals surface area (Å²) in [6, 6.07) is 16.4. The van der Waals surface area contributed by atoms with Gasteiger partial charge in [-0.1, -0.05) is 18.2 Å². The summed E-state index contributed by atoms with van der Waals surface area (Å²) in [5, 5.41) is 9.67. The molecule has 246 valence electrons. The van der Waals surface area contributed by atoms with Crippen molar-refractivity contribution in [3.05, 3.63) is 89.0 Å². The van der Waals surface area contributed by atoms with Crippen LogP contribution < -0.4 is 14.4 Å². The summed E-state index contributed by atoms with van der Waals surface area (Å²) in [6.07, 6.45) is -0.122. The van der Waals surface area contributed by atoms with Gasteiger partial charge in [0.15, 0.2) is 6.61 Å². The molecule has 5 rings (SSSR count). The highest BCUT2D eigenvalue weighted by Gasteiger charge is 2.33. The fraction of sp³-hybridized carbons (Fsp3) is 0.412. The van der Waals surface area contributed by atoms with Gasteiger partial charge >= 0.3 is 6.09 Å². The van der Waals surface area contributed by atoms with Crippen LogP contribution in [0.15, 0.2) is 60.7 Å². The summed E-state index contributed by atoms with van der Waals surface area (Å²) >= 11 is 0. The number of benzene rings is 3. The molecule has 12 heteroatoms. The van der Waals surface area contributed by atoms with Crippen molar-refractivity contribution >= 4 is 17.7 Å². The zero-order valence-corrected chi connectivity index (χ0v) is 25.7. The van der Waals surface area contributed by atoms with Gasteiger partial charge in [-0.2, -0.15) is 0 Å². The van der Waals surface area contributed by atoms with E-state index in [1.807, 2.05) is 42.5 Å². The van der Waals surface area contributed by atoms with Crippen LogP contribution in [-0.4, -0.2) is 81.3 Å². The number of rotatable bonds is 14. The molecule has 2 aliphatic heterocycles. The van der Waals surface area contributed by atoms with Gasteiger partial charge in [0.25, 0.3) is 5.91 Å². The van der Waals surface area contributed by atoms with E-state index in [-0.39, 0.29) is 57.0 Å². The van der Waals surface area contributed by atoms with E-state index in [0.717, 1.165) is 29.3 Å². The van der Waals surface area contributed by atoms with Gasteiger partial charge in [-0.05, 0) is 66.4 Å². The Balaban J connectivity index is 1.18. The second kappa shape index (κ2) is 15.8. The second-order valence-corrected chi connectivity index (χ2v) is 11.2. The lowest BCUT2D eigenvalue weighted by atomic mass is 9.87. The molecule has 0 radical (unpaired) electrons. The number of halogens is 2. The normalized spacial score (nSPS) is 17.8. The monoisotopic (exact) mass is 640 g/mol. The average Bonchev–Trinajstić information content (AvgIpc) is 3.06. The first-order chi connectivity index (χ1) is 22.3. The maximum atomic E-state index is 13.8. The molecule has 2 amide bonds. The van der Waals surface area contributed by atoms with Crippen LogP contribution in [0.2, 0.25) is 0 Å². The van der Waals surface area contributed by atoms with Crippen molar-refractivity contribution in [2.24, 2.45) is 0 Å². The predicted molar refractivity (Wildman–Crippen MR) is 164 cm³/mol. The summed E-state index contributed by atoms with van der Waals surface area (Å²) in [5.41, 5.74) is 2.66. The molecule has 2 atom stereocenters. The van der Waals surface area contributed by atoms with Crippen molar-refractivity contribution in [2.75, 3.05) is 58.1 Å². The third kappa shape index (κ3) is 8.51. The van der Waals surface area contributed by atoms with Gasteiger partial charge in [0.2, 0.25) is 0 Å². The van der Waals surface area contributed by atoms with Gasteiger partial charge in [0.1, 0.15) is 29.7 Å². The van der Waals surface area contributed by atoms with Gasteiger partial charge < -0.3 is 38.6 Å². The van der Waals surface area contributed by atoms with Gasteiger partial charge in [0.05, 0.1) is 38.2 Å². The second-order valence-electron chi connectivity index (χ2n) is 11.2. The Morgan fingerprint density at radius 2 is 1.85 bits per heavy atom. The highest BCUT2D eigenvalue weighted by molar-refractivity contribution is 5.97. The Morgan fingerprint density at radius 3 is 2.63 bits per heavy atom. The summed E-state index contributed by atoms with van der Waals surface area (Å²) in [5.74, 6) is 0.0224. The van der Waals surface area contributed by atoms with Crippen LogP contribution in [0.4, 0.5) is 19.3 Å². The van der Waals surface area contributed by atoms with E-state index in [1.54, 1.807) is 12.0 Å². The van der Waals surface area contributed by atoms with Crippen molar-refractivity contribution < 1.29 is 47.2 Å². The summed E-state index contributed by atoms with van der Waals surface area (Å²) in [7, 11) is 1.62. The minimum absolute atomic E-state index is 0.0139. The third-order valence-electron chi connectivity index (χ3n) is 8.06. The number of ether oxygens (including phenoxy) is 5. The van der Waals surface area contributed by atoms with E-state index in [4.69, 9.17) is 23.7 Å². The van der Waals surface area contributed by atoms with Crippen molar-refractivity contribution in [3.8, 4) is 11.5 Å². The molecule has 0 aromatic heterocycles. The molecule has 3 aromatic carbocycles. The molecule has 2 aliphatic rings. The number of carbonyl (C=O) groups is 2. The van der Waals surface area contributed by atoms with E-state index >= 15 is 0 Å². The molecule has 1 saturated heterocycles. The van der Waals surface area contributed by atoms with Crippen molar-refractivity contribution in [1.29, 1.82) is 0 Å².